The minimum atomic E-state index is -3.75. The molecular formula is C19H25N5O4S. The number of morpholine rings is 1. The number of aromatic nitrogens is 2. The topological polar surface area (TPSA) is 128 Å². The predicted octanol–water partition coefficient (Wildman–Crippen LogP) is 0.769. The normalized spacial score (nSPS) is 18.4. The molecule has 1 fully saturated rings. The van der Waals surface area contributed by atoms with Crippen LogP contribution in [-0.4, -0.2) is 50.1 Å². The molecule has 0 spiro atoms. The quantitative estimate of drug-likeness (QED) is 0.678. The summed E-state index contributed by atoms with van der Waals surface area (Å²) in [5.74, 6) is 0.0311. The molecular weight excluding hydrogens is 394 g/mol. The first-order valence-corrected chi connectivity index (χ1v) is 10.9. The van der Waals surface area contributed by atoms with Crippen LogP contribution in [0.5, 0.6) is 0 Å². The Kier molecular flexibility index (Phi) is 6.46. The molecule has 3 heterocycles. The van der Waals surface area contributed by atoms with Crippen molar-refractivity contribution >= 4 is 21.7 Å². The second-order valence-electron chi connectivity index (χ2n) is 6.83. The molecule has 0 bridgehead atoms. The Balaban J connectivity index is 1.74. The average Bonchev–Trinajstić information content (AvgIpc) is 2.73. The molecule has 0 saturated carbocycles. The SMILES string of the molecule is CCc1cnccc1C(C)NS(=O)(=O)c1ccc(N2CCOC(C(N)=O)C2)nc1. The summed E-state index contributed by atoms with van der Waals surface area (Å²) in [6.45, 7) is 4.97. The molecule has 1 aliphatic heterocycles. The van der Waals surface area contributed by atoms with Crippen LogP contribution < -0.4 is 15.4 Å². The Labute approximate surface area is 170 Å². The maximum absolute atomic E-state index is 12.8. The zero-order valence-electron chi connectivity index (χ0n) is 16.4. The number of amides is 1. The maximum Gasteiger partial charge on any atom is 0.248 e. The van der Waals surface area contributed by atoms with Crippen molar-refractivity contribution in [1.82, 2.24) is 14.7 Å². The third-order valence-corrected chi connectivity index (χ3v) is 6.39. The third-order valence-electron chi connectivity index (χ3n) is 4.86. The fourth-order valence-electron chi connectivity index (χ4n) is 3.27. The fraction of sp³-hybridized carbons (Fsp3) is 0.421. The van der Waals surface area contributed by atoms with Crippen molar-refractivity contribution in [2.75, 3.05) is 24.6 Å². The van der Waals surface area contributed by atoms with E-state index in [4.69, 9.17) is 10.5 Å². The van der Waals surface area contributed by atoms with Gasteiger partial charge in [-0.25, -0.2) is 18.1 Å². The summed E-state index contributed by atoms with van der Waals surface area (Å²) < 4.78 is 33.6. The van der Waals surface area contributed by atoms with Gasteiger partial charge < -0.3 is 15.4 Å². The fourth-order valence-corrected chi connectivity index (χ4v) is 4.44. The van der Waals surface area contributed by atoms with E-state index >= 15 is 0 Å². The van der Waals surface area contributed by atoms with E-state index in [1.165, 1.54) is 12.3 Å². The van der Waals surface area contributed by atoms with Crippen molar-refractivity contribution in [3.63, 3.8) is 0 Å². The van der Waals surface area contributed by atoms with Gasteiger partial charge in [-0.3, -0.25) is 9.78 Å². The number of nitrogens with two attached hydrogens (primary N) is 1. The summed E-state index contributed by atoms with van der Waals surface area (Å²) in [5.41, 5.74) is 7.18. The van der Waals surface area contributed by atoms with Gasteiger partial charge >= 0.3 is 0 Å². The third kappa shape index (κ3) is 4.89. The largest absolute Gasteiger partial charge is 0.367 e. The first kappa shape index (κ1) is 21.2. The van der Waals surface area contributed by atoms with E-state index < -0.39 is 28.1 Å². The number of carbonyl (C=O) groups is 1. The standard InChI is InChI=1S/C19H25N5O4S/c1-3-14-10-21-7-6-16(14)13(2)23-29(26,27)15-4-5-18(22-11-15)24-8-9-28-17(12-24)19(20)25/h4-7,10-11,13,17,23H,3,8-9,12H2,1-2H3,(H2,20,25). The molecule has 2 aromatic heterocycles. The minimum absolute atomic E-state index is 0.0694. The van der Waals surface area contributed by atoms with Crippen LogP contribution in [0, 0.1) is 0 Å². The molecule has 0 radical (unpaired) electrons. The van der Waals surface area contributed by atoms with Gasteiger partial charge in [0.25, 0.3) is 0 Å². The molecule has 0 aromatic carbocycles. The number of ether oxygens (including phenoxy) is 1. The minimum Gasteiger partial charge on any atom is -0.367 e. The van der Waals surface area contributed by atoms with Gasteiger partial charge in [-0.15, -0.1) is 0 Å². The lowest BCUT2D eigenvalue weighted by Gasteiger charge is -2.32. The van der Waals surface area contributed by atoms with Crippen molar-refractivity contribution < 1.29 is 17.9 Å². The summed E-state index contributed by atoms with van der Waals surface area (Å²) in [5, 5.41) is 0. The first-order valence-electron chi connectivity index (χ1n) is 9.39. The number of nitrogens with one attached hydrogen (secondary N) is 1. The van der Waals surface area contributed by atoms with Gasteiger partial charge in [0.1, 0.15) is 10.7 Å². The van der Waals surface area contributed by atoms with Crippen molar-refractivity contribution in [3.8, 4) is 0 Å². The number of anilines is 1. The van der Waals surface area contributed by atoms with Gasteiger partial charge in [0.15, 0.2) is 6.10 Å². The Bertz CT molecular complexity index is 965. The number of hydrogen-bond donors (Lipinski definition) is 2. The van der Waals surface area contributed by atoms with E-state index in [9.17, 15) is 13.2 Å². The first-order chi connectivity index (χ1) is 13.8. The molecule has 3 rings (SSSR count). The lowest BCUT2D eigenvalue weighted by atomic mass is 10.0. The van der Waals surface area contributed by atoms with Crippen LogP contribution >= 0.6 is 0 Å². The highest BCUT2D eigenvalue weighted by molar-refractivity contribution is 7.89. The van der Waals surface area contributed by atoms with Crippen LogP contribution in [0.15, 0.2) is 41.7 Å². The monoisotopic (exact) mass is 419 g/mol. The van der Waals surface area contributed by atoms with E-state index in [-0.39, 0.29) is 11.4 Å². The summed E-state index contributed by atoms with van der Waals surface area (Å²) in [7, 11) is -3.75. The summed E-state index contributed by atoms with van der Waals surface area (Å²) in [6.07, 6.45) is 4.77. The molecule has 0 aliphatic carbocycles. The van der Waals surface area contributed by atoms with Crippen molar-refractivity contribution in [2.24, 2.45) is 5.73 Å². The van der Waals surface area contributed by atoms with Gasteiger partial charge in [0, 0.05) is 31.2 Å². The zero-order valence-corrected chi connectivity index (χ0v) is 17.2. The van der Waals surface area contributed by atoms with E-state index in [2.05, 4.69) is 14.7 Å². The molecule has 2 aromatic rings. The average molecular weight is 420 g/mol. The summed E-state index contributed by atoms with van der Waals surface area (Å²) in [6, 6.07) is 4.53. The van der Waals surface area contributed by atoms with Crippen LogP contribution in [0.2, 0.25) is 0 Å². The van der Waals surface area contributed by atoms with Crippen LogP contribution in [0.25, 0.3) is 0 Å². The van der Waals surface area contributed by atoms with Crippen molar-refractivity contribution in [1.29, 1.82) is 0 Å². The number of aryl methyl sites for hydroxylation is 1. The van der Waals surface area contributed by atoms with Crippen molar-refractivity contribution in [2.45, 2.75) is 37.3 Å². The number of primary amides is 1. The molecule has 9 nitrogen and oxygen atoms in total. The van der Waals surface area contributed by atoms with Crippen LogP contribution in [0.4, 0.5) is 5.82 Å². The van der Waals surface area contributed by atoms with Crippen LogP contribution in [0.1, 0.15) is 31.0 Å². The highest BCUT2D eigenvalue weighted by Gasteiger charge is 2.26. The van der Waals surface area contributed by atoms with Gasteiger partial charge in [-0.1, -0.05) is 6.92 Å². The summed E-state index contributed by atoms with van der Waals surface area (Å²) in [4.78, 5) is 21.6. The Hall–Kier alpha value is -2.56. The number of hydrogen-bond acceptors (Lipinski definition) is 7. The van der Waals surface area contributed by atoms with E-state index in [0.717, 1.165) is 17.5 Å². The molecule has 1 saturated heterocycles. The van der Waals surface area contributed by atoms with E-state index in [0.29, 0.717) is 19.0 Å². The van der Waals surface area contributed by atoms with Crippen LogP contribution in [0.3, 0.4) is 0 Å². The molecule has 2 atom stereocenters. The smallest absolute Gasteiger partial charge is 0.248 e. The van der Waals surface area contributed by atoms with Gasteiger partial charge in [-0.2, -0.15) is 0 Å². The van der Waals surface area contributed by atoms with Crippen molar-refractivity contribution in [3.05, 3.63) is 47.9 Å². The van der Waals surface area contributed by atoms with Gasteiger partial charge in [0.05, 0.1) is 13.2 Å². The Morgan fingerprint density at radius 3 is 2.83 bits per heavy atom. The second kappa shape index (κ2) is 8.85. The summed E-state index contributed by atoms with van der Waals surface area (Å²) >= 11 is 0. The number of nitrogens with zero attached hydrogens (tertiary/aromatic N) is 3. The van der Waals surface area contributed by atoms with Crippen LogP contribution in [-0.2, 0) is 26.0 Å². The Morgan fingerprint density at radius 2 is 2.17 bits per heavy atom. The van der Waals surface area contributed by atoms with E-state index in [1.54, 1.807) is 25.4 Å². The predicted molar refractivity (Wildman–Crippen MR) is 108 cm³/mol. The molecule has 156 valence electrons. The zero-order chi connectivity index (χ0) is 21.0. The molecule has 3 N–H and O–H groups in total. The number of rotatable bonds is 7. The molecule has 1 aliphatic rings. The number of sulfonamides is 1. The number of carbonyl (C=O) groups excluding carboxylic acids is 1. The van der Waals surface area contributed by atoms with Gasteiger partial charge in [-0.05, 0) is 42.7 Å². The maximum atomic E-state index is 12.8. The molecule has 10 heteroatoms. The molecule has 29 heavy (non-hydrogen) atoms. The highest BCUT2D eigenvalue weighted by Crippen LogP contribution is 2.22. The van der Waals surface area contributed by atoms with Gasteiger partial charge in [0.2, 0.25) is 15.9 Å². The molecule has 1 amide bonds. The van der Waals surface area contributed by atoms with E-state index in [1.807, 2.05) is 17.9 Å². The second-order valence-corrected chi connectivity index (χ2v) is 8.54. The Morgan fingerprint density at radius 1 is 1.38 bits per heavy atom. The lowest BCUT2D eigenvalue weighted by Crippen LogP contribution is -2.48. The lowest BCUT2D eigenvalue weighted by molar-refractivity contribution is -0.130. The highest BCUT2D eigenvalue weighted by atomic mass is 32.2. The number of pyridine rings is 2. The molecule has 2 unspecified atom stereocenters.